The molecule has 0 spiro atoms. The van der Waals surface area contributed by atoms with Gasteiger partial charge in [-0.1, -0.05) is 12.1 Å². The Bertz CT molecular complexity index is 429. The first-order chi connectivity index (χ1) is 8.45. The van der Waals surface area contributed by atoms with Crippen molar-refractivity contribution >= 4 is 0 Å². The molecule has 0 radical (unpaired) electrons. The van der Waals surface area contributed by atoms with E-state index in [2.05, 4.69) is 4.90 Å². The third-order valence-electron chi connectivity index (χ3n) is 4.02. The molecule has 5 heteroatoms. The molecule has 98 valence electrons. The number of hydrogen-bond donors (Lipinski definition) is 1. The van der Waals surface area contributed by atoms with Crippen molar-refractivity contribution < 1.29 is 13.2 Å². The normalized spacial score (nSPS) is 31.4. The molecule has 2 aliphatic rings. The highest BCUT2D eigenvalue weighted by molar-refractivity contribution is 5.25. The highest BCUT2D eigenvalue weighted by Crippen LogP contribution is 2.44. The molecule has 2 N–H and O–H groups in total. The Hall–Kier alpha value is -1.07. The first kappa shape index (κ1) is 12.0. The minimum absolute atomic E-state index is 0.355. The van der Waals surface area contributed by atoms with Gasteiger partial charge in [0.1, 0.15) is 0 Å². The Balaban J connectivity index is 1.61. The number of nitrogens with zero attached hydrogens (tertiary/aromatic N) is 1. The number of likely N-dealkylation sites (tertiary alicyclic amines) is 1. The zero-order valence-corrected chi connectivity index (χ0v) is 9.82. The molecular formula is C13H15F3N2. The van der Waals surface area contributed by atoms with E-state index in [1.807, 2.05) is 0 Å². The van der Waals surface area contributed by atoms with Gasteiger partial charge in [-0.15, -0.1) is 0 Å². The fraction of sp³-hybridized carbons (Fsp3) is 0.538. The van der Waals surface area contributed by atoms with E-state index in [9.17, 15) is 13.2 Å². The molecule has 0 aromatic heterocycles. The van der Waals surface area contributed by atoms with Crippen LogP contribution in [0.1, 0.15) is 11.1 Å². The van der Waals surface area contributed by atoms with E-state index in [-0.39, 0.29) is 0 Å². The van der Waals surface area contributed by atoms with Gasteiger partial charge in [-0.05, 0) is 29.5 Å². The van der Waals surface area contributed by atoms with Gasteiger partial charge in [-0.2, -0.15) is 13.2 Å². The lowest BCUT2D eigenvalue weighted by Gasteiger charge is -2.18. The van der Waals surface area contributed by atoms with Gasteiger partial charge in [0.2, 0.25) is 0 Å². The van der Waals surface area contributed by atoms with E-state index in [1.165, 1.54) is 0 Å². The number of halogens is 3. The Morgan fingerprint density at radius 2 is 1.67 bits per heavy atom. The van der Waals surface area contributed by atoms with Crippen molar-refractivity contribution in [3.63, 3.8) is 0 Å². The highest BCUT2D eigenvalue weighted by Gasteiger charge is 2.53. The maximum absolute atomic E-state index is 12.4. The van der Waals surface area contributed by atoms with E-state index in [0.29, 0.717) is 17.9 Å². The van der Waals surface area contributed by atoms with Gasteiger partial charge in [0, 0.05) is 25.7 Å². The van der Waals surface area contributed by atoms with Gasteiger partial charge in [0.05, 0.1) is 5.56 Å². The summed E-state index contributed by atoms with van der Waals surface area (Å²) in [5.41, 5.74) is 6.19. The summed E-state index contributed by atoms with van der Waals surface area (Å²) in [5.74, 6) is 1.22. The largest absolute Gasteiger partial charge is 0.416 e. The summed E-state index contributed by atoms with van der Waals surface area (Å²) in [6.07, 6.45) is -4.25. The van der Waals surface area contributed by atoms with Crippen LogP contribution in [0.2, 0.25) is 0 Å². The lowest BCUT2D eigenvalue weighted by molar-refractivity contribution is -0.137. The molecule has 2 nitrogen and oxygen atoms in total. The van der Waals surface area contributed by atoms with Crippen LogP contribution in [-0.4, -0.2) is 24.0 Å². The summed E-state index contributed by atoms with van der Waals surface area (Å²) in [6.45, 7) is 2.68. The smallest absolute Gasteiger partial charge is 0.327 e. The van der Waals surface area contributed by atoms with Crippen LogP contribution in [0.25, 0.3) is 0 Å². The maximum Gasteiger partial charge on any atom is 0.416 e. The molecule has 1 aliphatic carbocycles. The average molecular weight is 256 g/mol. The van der Waals surface area contributed by atoms with Gasteiger partial charge in [0.25, 0.3) is 0 Å². The summed E-state index contributed by atoms with van der Waals surface area (Å²) >= 11 is 0. The number of piperidine rings is 1. The van der Waals surface area contributed by atoms with Crippen LogP contribution >= 0.6 is 0 Å². The standard InChI is InChI=1S/C13H15F3N2/c14-13(15,16)9-3-1-8(2-4-9)5-18-6-10-11(7-18)12(10)17/h1-4,10-12H,5-7,17H2/t10-,11+,12+. The van der Waals surface area contributed by atoms with Crippen molar-refractivity contribution in [2.75, 3.05) is 13.1 Å². The van der Waals surface area contributed by atoms with E-state index in [0.717, 1.165) is 37.3 Å². The number of benzene rings is 1. The van der Waals surface area contributed by atoms with Gasteiger partial charge in [-0.25, -0.2) is 0 Å². The first-order valence-electron chi connectivity index (χ1n) is 6.09. The molecule has 3 rings (SSSR count). The fourth-order valence-electron chi connectivity index (χ4n) is 2.85. The van der Waals surface area contributed by atoms with Crippen LogP contribution in [0, 0.1) is 11.8 Å². The average Bonchev–Trinajstić information content (AvgIpc) is 2.75. The van der Waals surface area contributed by atoms with Crippen LogP contribution in [-0.2, 0) is 12.7 Å². The first-order valence-corrected chi connectivity index (χ1v) is 6.09. The Labute approximate surface area is 104 Å². The molecule has 1 saturated heterocycles. The number of nitrogens with two attached hydrogens (primary N) is 1. The Morgan fingerprint density at radius 3 is 2.17 bits per heavy atom. The number of hydrogen-bond acceptors (Lipinski definition) is 2. The molecule has 0 bridgehead atoms. The fourth-order valence-corrected chi connectivity index (χ4v) is 2.85. The second kappa shape index (κ2) is 3.96. The Morgan fingerprint density at radius 1 is 1.11 bits per heavy atom. The zero-order valence-electron chi connectivity index (χ0n) is 9.82. The van der Waals surface area contributed by atoms with Crippen molar-refractivity contribution in [2.24, 2.45) is 17.6 Å². The SMILES string of the molecule is N[C@@H]1[C@H]2CN(Cc3ccc(C(F)(F)F)cc3)C[C@@H]12. The molecular weight excluding hydrogens is 241 g/mol. The van der Waals surface area contributed by atoms with E-state index >= 15 is 0 Å². The summed E-state index contributed by atoms with van der Waals surface area (Å²) in [6, 6.07) is 5.78. The minimum Gasteiger partial charge on any atom is -0.327 e. The summed E-state index contributed by atoms with van der Waals surface area (Å²) in [4.78, 5) is 2.27. The van der Waals surface area contributed by atoms with Gasteiger partial charge in [-0.3, -0.25) is 4.90 Å². The molecule has 1 saturated carbocycles. The molecule has 0 unspecified atom stereocenters. The van der Waals surface area contributed by atoms with Crippen molar-refractivity contribution in [3.8, 4) is 0 Å². The molecule has 1 heterocycles. The summed E-state index contributed by atoms with van der Waals surface area (Å²) < 4.78 is 37.2. The number of alkyl halides is 3. The van der Waals surface area contributed by atoms with E-state index in [1.54, 1.807) is 12.1 Å². The van der Waals surface area contributed by atoms with E-state index in [4.69, 9.17) is 5.73 Å². The molecule has 1 aliphatic heterocycles. The third-order valence-corrected chi connectivity index (χ3v) is 4.02. The highest BCUT2D eigenvalue weighted by atomic mass is 19.4. The van der Waals surface area contributed by atoms with Crippen LogP contribution in [0.4, 0.5) is 13.2 Å². The van der Waals surface area contributed by atoms with Crippen molar-refractivity contribution in [3.05, 3.63) is 35.4 Å². The predicted molar refractivity (Wildman–Crippen MR) is 61.7 cm³/mol. The quantitative estimate of drug-likeness (QED) is 0.878. The van der Waals surface area contributed by atoms with Crippen LogP contribution < -0.4 is 5.73 Å². The molecule has 0 amide bonds. The van der Waals surface area contributed by atoms with Crippen LogP contribution in [0.15, 0.2) is 24.3 Å². The number of rotatable bonds is 2. The van der Waals surface area contributed by atoms with Crippen molar-refractivity contribution in [1.29, 1.82) is 0 Å². The molecule has 3 atom stereocenters. The third kappa shape index (κ3) is 2.12. The van der Waals surface area contributed by atoms with Crippen molar-refractivity contribution in [1.82, 2.24) is 4.90 Å². The van der Waals surface area contributed by atoms with Crippen LogP contribution in [0.3, 0.4) is 0 Å². The molecule has 18 heavy (non-hydrogen) atoms. The minimum atomic E-state index is -4.25. The molecule has 1 aromatic rings. The molecule has 1 aromatic carbocycles. The van der Waals surface area contributed by atoms with E-state index < -0.39 is 11.7 Å². The van der Waals surface area contributed by atoms with Gasteiger partial charge >= 0.3 is 6.18 Å². The lowest BCUT2D eigenvalue weighted by Crippen LogP contribution is -2.27. The lowest BCUT2D eigenvalue weighted by atomic mass is 10.1. The monoisotopic (exact) mass is 256 g/mol. The molecule has 2 fully saturated rings. The van der Waals surface area contributed by atoms with Crippen molar-refractivity contribution in [2.45, 2.75) is 18.8 Å². The number of fused-ring (bicyclic) bond motifs is 1. The zero-order chi connectivity index (χ0) is 12.9. The van der Waals surface area contributed by atoms with Crippen LogP contribution in [0.5, 0.6) is 0 Å². The van der Waals surface area contributed by atoms with Gasteiger partial charge in [0.15, 0.2) is 0 Å². The summed E-state index contributed by atoms with van der Waals surface area (Å²) in [5, 5.41) is 0. The second-order valence-electron chi connectivity index (χ2n) is 5.29. The Kier molecular flexibility index (Phi) is 2.64. The topological polar surface area (TPSA) is 29.3 Å². The summed E-state index contributed by atoms with van der Waals surface area (Å²) in [7, 11) is 0. The predicted octanol–water partition coefficient (Wildman–Crippen LogP) is 2.09. The maximum atomic E-state index is 12.4. The second-order valence-corrected chi connectivity index (χ2v) is 5.29. The van der Waals surface area contributed by atoms with Gasteiger partial charge < -0.3 is 5.73 Å².